The van der Waals surface area contributed by atoms with Crippen LogP contribution < -0.4 is 10.6 Å². The van der Waals surface area contributed by atoms with Crippen LogP contribution in [0.25, 0.3) is 11.0 Å². The maximum Gasteiger partial charge on any atom is 0.416 e. The fourth-order valence-electron chi connectivity index (χ4n) is 2.76. The summed E-state index contributed by atoms with van der Waals surface area (Å²) in [7, 11) is 0. The summed E-state index contributed by atoms with van der Waals surface area (Å²) in [5, 5.41) is 5.11. The number of fused-ring (bicyclic) bond motifs is 1. The monoisotopic (exact) mass is 390 g/mol. The molecule has 0 unspecified atom stereocenters. The van der Waals surface area contributed by atoms with E-state index in [9.17, 15) is 22.8 Å². The Morgan fingerprint density at radius 1 is 1.11 bits per heavy atom. The molecule has 2 amide bonds. The standard InChI is InChI=1S/C19H17F3N4O2/c1-12(27)23-10-17-25-15-7-2-3-8-16(15)26(17)11-18(28)24-14-6-4-5-13(9-14)19(20,21)22/h2-9H,10-11H2,1H3,(H,23,27)(H,24,28). The summed E-state index contributed by atoms with van der Waals surface area (Å²) in [5.74, 6) is -0.283. The number of rotatable bonds is 5. The van der Waals surface area contributed by atoms with E-state index in [1.54, 1.807) is 28.8 Å². The number of nitrogens with zero attached hydrogens (tertiary/aromatic N) is 2. The molecule has 28 heavy (non-hydrogen) atoms. The molecular weight excluding hydrogens is 373 g/mol. The molecule has 2 N–H and O–H groups in total. The molecule has 0 bridgehead atoms. The third-order valence-electron chi connectivity index (χ3n) is 4.00. The zero-order chi connectivity index (χ0) is 20.3. The average molecular weight is 390 g/mol. The number of hydrogen-bond acceptors (Lipinski definition) is 3. The van der Waals surface area contributed by atoms with Crippen LogP contribution >= 0.6 is 0 Å². The number of para-hydroxylation sites is 2. The second kappa shape index (κ2) is 7.71. The van der Waals surface area contributed by atoms with Gasteiger partial charge in [0.1, 0.15) is 12.4 Å². The Balaban J connectivity index is 1.83. The molecule has 0 aliphatic carbocycles. The number of carbonyl (C=O) groups excluding carboxylic acids is 2. The van der Waals surface area contributed by atoms with Gasteiger partial charge in [0.15, 0.2) is 0 Å². The first-order valence-corrected chi connectivity index (χ1v) is 8.40. The van der Waals surface area contributed by atoms with E-state index in [1.807, 2.05) is 0 Å². The molecular formula is C19H17F3N4O2. The van der Waals surface area contributed by atoms with Crippen LogP contribution in [-0.2, 0) is 28.9 Å². The third kappa shape index (κ3) is 4.48. The molecule has 1 heterocycles. The van der Waals surface area contributed by atoms with Crippen LogP contribution in [0.5, 0.6) is 0 Å². The lowest BCUT2D eigenvalue weighted by Crippen LogP contribution is -2.25. The van der Waals surface area contributed by atoms with E-state index in [-0.39, 0.29) is 24.7 Å². The van der Waals surface area contributed by atoms with Gasteiger partial charge in [-0.1, -0.05) is 18.2 Å². The second-order valence-corrected chi connectivity index (χ2v) is 6.14. The Morgan fingerprint density at radius 2 is 1.86 bits per heavy atom. The Hall–Kier alpha value is -3.36. The lowest BCUT2D eigenvalue weighted by Gasteiger charge is -2.12. The summed E-state index contributed by atoms with van der Waals surface area (Å²) in [4.78, 5) is 28.1. The molecule has 0 fully saturated rings. The largest absolute Gasteiger partial charge is 0.416 e. The summed E-state index contributed by atoms with van der Waals surface area (Å²) in [6.45, 7) is 1.33. The summed E-state index contributed by atoms with van der Waals surface area (Å²) in [6.07, 6.45) is -4.49. The minimum Gasteiger partial charge on any atom is -0.349 e. The quantitative estimate of drug-likeness (QED) is 0.702. The number of benzene rings is 2. The average Bonchev–Trinajstić information content (AvgIpc) is 2.97. The van der Waals surface area contributed by atoms with Crippen molar-refractivity contribution in [2.45, 2.75) is 26.2 Å². The van der Waals surface area contributed by atoms with E-state index in [0.29, 0.717) is 16.9 Å². The van der Waals surface area contributed by atoms with Gasteiger partial charge >= 0.3 is 6.18 Å². The predicted octanol–water partition coefficient (Wildman–Crippen LogP) is 3.33. The van der Waals surface area contributed by atoms with Crippen molar-refractivity contribution >= 4 is 28.5 Å². The van der Waals surface area contributed by atoms with Crippen LogP contribution in [0.15, 0.2) is 48.5 Å². The zero-order valence-corrected chi connectivity index (χ0v) is 14.9. The molecule has 0 atom stereocenters. The maximum absolute atomic E-state index is 12.8. The first kappa shape index (κ1) is 19.4. The van der Waals surface area contributed by atoms with Crippen LogP contribution in [0.1, 0.15) is 18.3 Å². The van der Waals surface area contributed by atoms with Crippen LogP contribution in [0.2, 0.25) is 0 Å². The SMILES string of the molecule is CC(=O)NCc1nc2ccccc2n1CC(=O)Nc1cccc(C(F)(F)F)c1. The summed E-state index contributed by atoms with van der Waals surface area (Å²) in [6, 6.07) is 11.6. The van der Waals surface area contributed by atoms with Crippen molar-refractivity contribution in [3.05, 3.63) is 59.9 Å². The van der Waals surface area contributed by atoms with Gasteiger partial charge in [0.25, 0.3) is 0 Å². The van der Waals surface area contributed by atoms with Gasteiger partial charge in [-0.25, -0.2) is 4.98 Å². The van der Waals surface area contributed by atoms with Gasteiger partial charge in [-0.05, 0) is 30.3 Å². The van der Waals surface area contributed by atoms with Crippen molar-refractivity contribution in [1.29, 1.82) is 0 Å². The van der Waals surface area contributed by atoms with Gasteiger partial charge in [-0.2, -0.15) is 13.2 Å². The number of aromatic nitrogens is 2. The number of nitrogens with one attached hydrogen (secondary N) is 2. The lowest BCUT2D eigenvalue weighted by molar-refractivity contribution is -0.137. The smallest absolute Gasteiger partial charge is 0.349 e. The first-order chi connectivity index (χ1) is 13.2. The predicted molar refractivity (Wildman–Crippen MR) is 97.3 cm³/mol. The summed E-state index contributed by atoms with van der Waals surface area (Å²) in [5.41, 5.74) is 0.536. The Labute approximate surface area is 158 Å². The van der Waals surface area contributed by atoms with Gasteiger partial charge in [0.2, 0.25) is 11.8 Å². The van der Waals surface area contributed by atoms with Gasteiger partial charge < -0.3 is 15.2 Å². The fourth-order valence-corrected chi connectivity index (χ4v) is 2.76. The minimum atomic E-state index is -4.49. The second-order valence-electron chi connectivity index (χ2n) is 6.14. The molecule has 0 radical (unpaired) electrons. The molecule has 146 valence electrons. The molecule has 1 aromatic heterocycles. The fraction of sp³-hybridized carbons (Fsp3) is 0.211. The van der Waals surface area contributed by atoms with Gasteiger partial charge in [-0.3, -0.25) is 9.59 Å². The number of amides is 2. The van der Waals surface area contributed by atoms with Gasteiger partial charge in [0, 0.05) is 12.6 Å². The number of halogens is 3. The molecule has 0 spiro atoms. The lowest BCUT2D eigenvalue weighted by atomic mass is 10.2. The van der Waals surface area contributed by atoms with Crippen molar-refractivity contribution in [3.8, 4) is 0 Å². The Morgan fingerprint density at radius 3 is 2.57 bits per heavy atom. The van der Waals surface area contributed by atoms with Crippen molar-refractivity contribution < 1.29 is 22.8 Å². The molecule has 3 rings (SSSR count). The highest BCUT2D eigenvalue weighted by Gasteiger charge is 2.30. The number of carbonyl (C=O) groups is 2. The zero-order valence-electron chi connectivity index (χ0n) is 14.9. The van der Waals surface area contributed by atoms with E-state index >= 15 is 0 Å². The van der Waals surface area contributed by atoms with Crippen molar-refractivity contribution in [2.75, 3.05) is 5.32 Å². The summed E-state index contributed by atoms with van der Waals surface area (Å²) < 4.78 is 40.1. The molecule has 0 aliphatic heterocycles. The van der Waals surface area contributed by atoms with Crippen LogP contribution in [-0.4, -0.2) is 21.4 Å². The van der Waals surface area contributed by atoms with E-state index in [2.05, 4.69) is 15.6 Å². The molecule has 9 heteroatoms. The number of hydrogen-bond donors (Lipinski definition) is 2. The highest BCUT2D eigenvalue weighted by atomic mass is 19.4. The van der Waals surface area contributed by atoms with Crippen LogP contribution in [0.3, 0.4) is 0 Å². The molecule has 0 saturated heterocycles. The minimum absolute atomic E-state index is 0.0488. The van der Waals surface area contributed by atoms with E-state index in [4.69, 9.17) is 0 Å². The molecule has 0 aliphatic rings. The highest BCUT2D eigenvalue weighted by Crippen LogP contribution is 2.30. The van der Waals surface area contributed by atoms with Crippen molar-refractivity contribution in [2.24, 2.45) is 0 Å². The van der Waals surface area contributed by atoms with Crippen LogP contribution in [0, 0.1) is 0 Å². The van der Waals surface area contributed by atoms with Crippen LogP contribution in [0.4, 0.5) is 18.9 Å². The Kier molecular flexibility index (Phi) is 5.34. The molecule has 6 nitrogen and oxygen atoms in total. The summed E-state index contributed by atoms with van der Waals surface area (Å²) >= 11 is 0. The normalized spacial score (nSPS) is 11.4. The first-order valence-electron chi connectivity index (χ1n) is 8.40. The van der Waals surface area contributed by atoms with Crippen molar-refractivity contribution in [1.82, 2.24) is 14.9 Å². The number of alkyl halides is 3. The molecule has 3 aromatic rings. The molecule has 2 aromatic carbocycles. The number of imidazole rings is 1. The third-order valence-corrected chi connectivity index (χ3v) is 4.00. The van der Waals surface area contributed by atoms with Gasteiger partial charge in [0.05, 0.1) is 23.1 Å². The Bertz CT molecular complexity index is 1030. The highest BCUT2D eigenvalue weighted by molar-refractivity contribution is 5.91. The van der Waals surface area contributed by atoms with E-state index < -0.39 is 17.6 Å². The van der Waals surface area contributed by atoms with E-state index in [0.717, 1.165) is 12.1 Å². The van der Waals surface area contributed by atoms with Crippen molar-refractivity contribution in [3.63, 3.8) is 0 Å². The number of anilines is 1. The topological polar surface area (TPSA) is 76.0 Å². The molecule has 0 saturated carbocycles. The van der Waals surface area contributed by atoms with E-state index in [1.165, 1.54) is 19.1 Å². The maximum atomic E-state index is 12.8. The van der Waals surface area contributed by atoms with Gasteiger partial charge in [-0.15, -0.1) is 0 Å².